The van der Waals surface area contributed by atoms with E-state index in [0.717, 1.165) is 18.4 Å². The van der Waals surface area contributed by atoms with Gasteiger partial charge in [0.15, 0.2) is 11.5 Å². The Hall–Kier alpha value is -3.28. The van der Waals surface area contributed by atoms with Gasteiger partial charge in [0.25, 0.3) is 5.91 Å². The number of ether oxygens (including phenoxy) is 2. The van der Waals surface area contributed by atoms with Crippen molar-refractivity contribution in [2.75, 3.05) is 27.3 Å². The zero-order chi connectivity index (χ0) is 21.5. The van der Waals surface area contributed by atoms with Crippen molar-refractivity contribution in [3.63, 3.8) is 0 Å². The molecule has 1 aliphatic heterocycles. The molecule has 2 amide bonds. The molecule has 158 valence electrons. The van der Waals surface area contributed by atoms with E-state index in [2.05, 4.69) is 5.32 Å². The molecule has 0 aliphatic carbocycles. The SMILES string of the molecule is COc1ccc(C(=O)NC2CCN(C(=O)/C=C/c3ccc(C)cc3)CC2)cc1OC. The van der Waals surface area contributed by atoms with Crippen molar-refractivity contribution in [1.82, 2.24) is 10.2 Å². The van der Waals surface area contributed by atoms with E-state index in [-0.39, 0.29) is 17.9 Å². The molecule has 0 spiro atoms. The number of methoxy groups -OCH3 is 2. The summed E-state index contributed by atoms with van der Waals surface area (Å²) in [4.78, 5) is 26.8. The first-order valence-corrected chi connectivity index (χ1v) is 10.1. The molecule has 1 saturated heterocycles. The first kappa shape index (κ1) is 21.4. The first-order chi connectivity index (χ1) is 14.5. The van der Waals surface area contributed by atoms with E-state index in [0.29, 0.717) is 30.2 Å². The van der Waals surface area contributed by atoms with E-state index in [9.17, 15) is 9.59 Å². The molecular formula is C24H28N2O4. The first-order valence-electron chi connectivity index (χ1n) is 10.1. The van der Waals surface area contributed by atoms with Gasteiger partial charge in [-0.15, -0.1) is 0 Å². The summed E-state index contributed by atoms with van der Waals surface area (Å²) in [5.74, 6) is 0.950. The molecular weight excluding hydrogens is 380 g/mol. The predicted molar refractivity (Wildman–Crippen MR) is 117 cm³/mol. The third-order valence-electron chi connectivity index (χ3n) is 5.28. The minimum Gasteiger partial charge on any atom is -0.493 e. The Morgan fingerprint density at radius 1 is 1.00 bits per heavy atom. The van der Waals surface area contributed by atoms with Crippen LogP contribution in [0.25, 0.3) is 6.08 Å². The van der Waals surface area contributed by atoms with Gasteiger partial charge in [-0.2, -0.15) is 0 Å². The average Bonchev–Trinajstić information content (AvgIpc) is 2.78. The van der Waals surface area contributed by atoms with Crippen LogP contribution >= 0.6 is 0 Å². The molecule has 30 heavy (non-hydrogen) atoms. The lowest BCUT2D eigenvalue weighted by Gasteiger charge is -2.31. The van der Waals surface area contributed by atoms with Gasteiger partial charge >= 0.3 is 0 Å². The highest BCUT2D eigenvalue weighted by atomic mass is 16.5. The van der Waals surface area contributed by atoms with Gasteiger partial charge in [-0.1, -0.05) is 29.8 Å². The summed E-state index contributed by atoms with van der Waals surface area (Å²) in [5.41, 5.74) is 2.72. The summed E-state index contributed by atoms with van der Waals surface area (Å²) >= 11 is 0. The second kappa shape index (κ2) is 9.96. The van der Waals surface area contributed by atoms with Gasteiger partial charge in [-0.3, -0.25) is 9.59 Å². The van der Waals surface area contributed by atoms with Crippen LogP contribution in [0.4, 0.5) is 0 Å². The molecule has 1 N–H and O–H groups in total. The van der Waals surface area contributed by atoms with Crippen LogP contribution in [0.2, 0.25) is 0 Å². The Bertz CT molecular complexity index is 913. The molecule has 0 saturated carbocycles. The molecule has 3 rings (SSSR count). The molecule has 1 aliphatic rings. The third kappa shape index (κ3) is 5.41. The van der Waals surface area contributed by atoms with E-state index in [1.165, 1.54) is 5.56 Å². The number of carbonyl (C=O) groups is 2. The zero-order valence-corrected chi connectivity index (χ0v) is 17.7. The quantitative estimate of drug-likeness (QED) is 0.744. The monoisotopic (exact) mass is 408 g/mol. The normalized spacial score (nSPS) is 14.6. The minimum atomic E-state index is -0.153. The number of rotatable bonds is 6. The van der Waals surface area contributed by atoms with Gasteiger partial charge in [0.1, 0.15) is 0 Å². The van der Waals surface area contributed by atoms with Crippen LogP contribution < -0.4 is 14.8 Å². The molecule has 2 aromatic carbocycles. The maximum atomic E-state index is 12.6. The van der Waals surface area contributed by atoms with Crippen molar-refractivity contribution < 1.29 is 19.1 Å². The average molecular weight is 408 g/mol. The van der Waals surface area contributed by atoms with Crippen molar-refractivity contribution in [3.8, 4) is 11.5 Å². The Balaban J connectivity index is 1.51. The summed E-state index contributed by atoms with van der Waals surface area (Å²) in [6, 6.07) is 13.2. The van der Waals surface area contributed by atoms with Crippen LogP contribution in [-0.2, 0) is 4.79 Å². The van der Waals surface area contributed by atoms with E-state index in [1.807, 2.05) is 42.2 Å². The highest BCUT2D eigenvalue weighted by molar-refractivity contribution is 5.95. The van der Waals surface area contributed by atoms with Crippen LogP contribution in [0.3, 0.4) is 0 Å². The van der Waals surface area contributed by atoms with Gasteiger partial charge in [-0.25, -0.2) is 0 Å². The van der Waals surface area contributed by atoms with E-state index in [4.69, 9.17) is 9.47 Å². The molecule has 0 radical (unpaired) electrons. The largest absolute Gasteiger partial charge is 0.493 e. The maximum Gasteiger partial charge on any atom is 0.251 e. The fourth-order valence-corrected chi connectivity index (χ4v) is 3.44. The highest BCUT2D eigenvalue weighted by Crippen LogP contribution is 2.27. The van der Waals surface area contributed by atoms with Gasteiger partial charge in [0.2, 0.25) is 5.91 Å². The number of nitrogens with one attached hydrogen (secondary N) is 1. The van der Waals surface area contributed by atoms with E-state index in [1.54, 1.807) is 38.5 Å². The number of amides is 2. The molecule has 6 nitrogen and oxygen atoms in total. The van der Waals surface area contributed by atoms with Crippen molar-refractivity contribution in [2.24, 2.45) is 0 Å². The molecule has 2 aromatic rings. The van der Waals surface area contributed by atoms with Gasteiger partial charge in [0, 0.05) is 30.8 Å². The topological polar surface area (TPSA) is 67.9 Å². The standard InChI is InChI=1S/C24H28N2O4/c1-17-4-6-18(7-5-17)8-11-23(27)26-14-12-20(13-15-26)25-24(28)19-9-10-21(29-2)22(16-19)30-3/h4-11,16,20H,12-15H2,1-3H3,(H,25,28)/b11-8+. The Labute approximate surface area is 177 Å². The molecule has 0 unspecified atom stereocenters. The maximum absolute atomic E-state index is 12.6. The fourth-order valence-electron chi connectivity index (χ4n) is 3.44. The highest BCUT2D eigenvalue weighted by Gasteiger charge is 2.23. The van der Waals surface area contributed by atoms with Crippen LogP contribution in [0, 0.1) is 6.92 Å². The predicted octanol–water partition coefficient (Wildman–Crippen LogP) is 3.45. The molecule has 1 heterocycles. The minimum absolute atomic E-state index is 0.000224. The smallest absolute Gasteiger partial charge is 0.251 e. The lowest BCUT2D eigenvalue weighted by Crippen LogP contribution is -2.46. The number of hydrogen-bond donors (Lipinski definition) is 1. The molecule has 0 atom stereocenters. The zero-order valence-electron chi connectivity index (χ0n) is 17.7. The van der Waals surface area contributed by atoms with Crippen molar-refractivity contribution in [3.05, 3.63) is 65.2 Å². The summed E-state index contributed by atoms with van der Waals surface area (Å²) < 4.78 is 10.5. The van der Waals surface area contributed by atoms with Crippen molar-refractivity contribution in [1.29, 1.82) is 0 Å². The number of aryl methyl sites for hydroxylation is 1. The van der Waals surface area contributed by atoms with E-state index < -0.39 is 0 Å². The van der Waals surface area contributed by atoms with Gasteiger partial charge in [-0.05, 0) is 49.6 Å². The lowest BCUT2D eigenvalue weighted by molar-refractivity contribution is -0.126. The Kier molecular flexibility index (Phi) is 7.12. The number of benzene rings is 2. The fraction of sp³-hybridized carbons (Fsp3) is 0.333. The van der Waals surface area contributed by atoms with Gasteiger partial charge in [0.05, 0.1) is 14.2 Å². The molecule has 6 heteroatoms. The van der Waals surface area contributed by atoms with Crippen LogP contribution in [0.15, 0.2) is 48.5 Å². The summed E-state index contributed by atoms with van der Waals surface area (Å²) in [5, 5.41) is 3.06. The molecule has 0 aromatic heterocycles. The molecule has 0 bridgehead atoms. The van der Waals surface area contributed by atoms with Crippen LogP contribution in [0.1, 0.15) is 34.3 Å². The van der Waals surface area contributed by atoms with Crippen LogP contribution in [-0.4, -0.2) is 50.1 Å². The van der Waals surface area contributed by atoms with E-state index >= 15 is 0 Å². The number of hydrogen-bond acceptors (Lipinski definition) is 4. The summed E-state index contributed by atoms with van der Waals surface area (Å²) in [6.07, 6.45) is 4.91. The molecule has 1 fully saturated rings. The second-order valence-electron chi connectivity index (χ2n) is 7.39. The second-order valence-corrected chi connectivity index (χ2v) is 7.39. The number of likely N-dealkylation sites (tertiary alicyclic amines) is 1. The third-order valence-corrected chi connectivity index (χ3v) is 5.28. The van der Waals surface area contributed by atoms with Crippen molar-refractivity contribution >= 4 is 17.9 Å². The number of carbonyl (C=O) groups excluding carboxylic acids is 2. The number of piperidine rings is 1. The van der Waals surface area contributed by atoms with Gasteiger partial charge < -0.3 is 19.7 Å². The Morgan fingerprint density at radius 3 is 2.30 bits per heavy atom. The summed E-state index contributed by atoms with van der Waals surface area (Å²) in [7, 11) is 3.10. The Morgan fingerprint density at radius 2 is 1.67 bits per heavy atom. The number of nitrogens with zero attached hydrogens (tertiary/aromatic N) is 1. The van der Waals surface area contributed by atoms with Crippen LogP contribution in [0.5, 0.6) is 11.5 Å². The summed E-state index contributed by atoms with van der Waals surface area (Å²) in [6.45, 7) is 3.27. The van der Waals surface area contributed by atoms with Crippen molar-refractivity contribution in [2.45, 2.75) is 25.8 Å². The lowest BCUT2D eigenvalue weighted by atomic mass is 10.0.